The maximum Gasteiger partial charge on any atom is 0.280 e. The normalized spacial score (nSPS) is 11.6. The minimum Gasteiger partial charge on any atom is -0.305 e. The summed E-state index contributed by atoms with van der Waals surface area (Å²) < 4.78 is 3.88. The molecule has 0 saturated carbocycles. The number of nitrogens with zero attached hydrogens (tertiary/aromatic N) is 2. The zero-order chi connectivity index (χ0) is 16.4. The van der Waals surface area contributed by atoms with E-state index in [1.165, 1.54) is 16.9 Å². The number of carbonyl (C=O) groups is 1. The third kappa shape index (κ3) is 3.23. The number of aryl methyl sites for hydroxylation is 1. The lowest BCUT2D eigenvalue weighted by Crippen LogP contribution is -2.16. The van der Waals surface area contributed by atoms with E-state index in [1.807, 2.05) is 41.8 Å². The lowest BCUT2D eigenvalue weighted by Gasteiger charge is -2.01. The van der Waals surface area contributed by atoms with E-state index >= 15 is 0 Å². The van der Waals surface area contributed by atoms with Gasteiger partial charge in [-0.2, -0.15) is 4.99 Å². The smallest absolute Gasteiger partial charge is 0.280 e. The summed E-state index contributed by atoms with van der Waals surface area (Å²) in [6.45, 7) is 2.43. The standard InChI is InChI=1S/C18H13IN2OS/c1-3-10-21-15-9-8-12(2)11-16(15)23-18(21)20-17(22)13-6-4-5-7-14(13)19/h1,4-9,11H,10H2,2H3. The van der Waals surface area contributed by atoms with Crippen LogP contribution in [-0.2, 0) is 6.54 Å². The van der Waals surface area contributed by atoms with Gasteiger partial charge in [-0.25, -0.2) is 0 Å². The molecule has 3 rings (SSSR count). The van der Waals surface area contributed by atoms with E-state index in [4.69, 9.17) is 6.42 Å². The SMILES string of the molecule is C#CCn1c(=NC(=O)c2ccccc2I)sc2cc(C)ccc21. The van der Waals surface area contributed by atoms with Gasteiger partial charge >= 0.3 is 0 Å². The first-order chi connectivity index (χ1) is 11.1. The average Bonchev–Trinajstić information content (AvgIpc) is 2.84. The van der Waals surface area contributed by atoms with Crippen molar-refractivity contribution in [3.05, 3.63) is 62.0 Å². The summed E-state index contributed by atoms with van der Waals surface area (Å²) in [4.78, 5) is 17.5. The summed E-state index contributed by atoms with van der Waals surface area (Å²) in [7, 11) is 0. The molecule has 1 amide bonds. The van der Waals surface area contributed by atoms with E-state index in [9.17, 15) is 4.79 Å². The average molecular weight is 432 g/mol. The third-order valence-electron chi connectivity index (χ3n) is 3.39. The van der Waals surface area contributed by atoms with Crippen LogP contribution in [0, 0.1) is 22.8 Å². The van der Waals surface area contributed by atoms with Crippen LogP contribution in [0.4, 0.5) is 0 Å². The fourth-order valence-electron chi connectivity index (χ4n) is 2.29. The molecule has 0 saturated heterocycles. The van der Waals surface area contributed by atoms with E-state index in [1.54, 1.807) is 6.07 Å². The molecular weight excluding hydrogens is 419 g/mol. The lowest BCUT2D eigenvalue weighted by molar-refractivity contribution is 0.0997. The number of rotatable bonds is 2. The van der Waals surface area contributed by atoms with Gasteiger partial charge in [0.25, 0.3) is 5.91 Å². The quantitative estimate of drug-likeness (QED) is 0.446. The molecule has 23 heavy (non-hydrogen) atoms. The summed E-state index contributed by atoms with van der Waals surface area (Å²) in [5.41, 5.74) is 2.78. The van der Waals surface area contributed by atoms with Crippen LogP contribution in [0.1, 0.15) is 15.9 Å². The van der Waals surface area contributed by atoms with Crippen molar-refractivity contribution in [3.63, 3.8) is 0 Å². The van der Waals surface area contributed by atoms with Crippen LogP contribution in [0.15, 0.2) is 47.5 Å². The maximum atomic E-state index is 12.5. The Balaban J connectivity index is 2.19. The molecule has 0 unspecified atom stereocenters. The summed E-state index contributed by atoms with van der Waals surface area (Å²) in [6, 6.07) is 13.6. The van der Waals surface area contributed by atoms with Gasteiger partial charge in [0.2, 0.25) is 0 Å². The van der Waals surface area contributed by atoms with Crippen molar-refractivity contribution in [1.82, 2.24) is 4.57 Å². The zero-order valence-corrected chi connectivity index (χ0v) is 15.4. The van der Waals surface area contributed by atoms with Gasteiger partial charge in [0.1, 0.15) is 0 Å². The van der Waals surface area contributed by atoms with Crippen LogP contribution in [0.5, 0.6) is 0 Å². The number of carbonyl (C=O) groups excluding carboxylic acids is 1. The largest absolute Gasteiger partial charge is 0.305 e. The van der Waals surface area contributed by atoms with E-state index in [0.717, 1.165) is 13.8 Å². The molecule has 0 atom stereocenters. The molecule has 0 spiro atoms. The highest BCUT2D eigenvalue weighted by atomic mass is 127. The van der Waals surface area contributed by atoms with Gasteiger partial charge in [0, 0.05) is 3.57 Å². The summed E-state index contributed by atoms with van der Waals surface area (Å²) in [6.07, 6.45) is 5.48. The van der Waals surface area contributed by atoms with Gasteiger partial charge in [-0.15, -0.1) is 6.42 Å². The second-order valence-corrected chi connectivity index (χ2v) is 7.21. The number of amides is 1. The van der Waals surface area contributed by atoms with Gasteiger partial charge in [0.05, 0.1) is 22.3 Å². The monoisotopic (exact) mass is 432 g/mol. The molecule has 5 heteroatoms. The van der Waals surface area contributed by atoms with E-state index in [0.29, 0.717) is 16.9 Å². The van der Waals surface area contributed by atoms with Crippen LogP contribution in [-0.4, -0.2) is 10.5 Å². The molecule has 0 aliphatic heterocycles. The fourth-order valence-corrected chi connectivity index (χ4v) is 4.04. The number of terminal acetylenes is 1. The Labute approximate surface area is 151 Å². The highest BCUT2D eigenvalue weighted by Crippen LogP contribution is 2.19. The van der Waals surface area contributed by atoms with Crippen molar-refractivity contribution in [1.29, 1.82) is 0 Å². The van der Waals surface area contributed by atoms with Crippen molar-refractivity contribution in [2.45, 2.75) is 13.5 Å². The van der Waals surface area contributed by atoms with Gasteiger partial charge in [-0.3, -0.25) is 4.79 Å². The molecule has 2 aromatic carbocycles. The minimum atomic E-state index is -0.246. The van der Waals surface area contributed by atoms with Crippen LogP contribution in [0.2, 0.25) is 0 Å². The zero-order valence-electron chi connectivity index (χ0n) is 12.4. The number of hydrogen-bond acceptors (Lipinski definition) is 2. The van der Waals surface area contributed by atoms with Crippen molar-refractivity contribution in [2.75, 3.05) is 0 Å². The molecule has 0 fully saturated rings. The Morgan fingerprint density at radius 1 is 1.35 bits per heavy atom. The first-order valence-electron chi connectivity index (χ1n) is 6.97. The summed E-state index contributed by atoms with van der Waals surface area (Å²) in [5, 5.41) is 0. The second kappa shape index (κ2) is 6.69. The minimum absolute atomic E-state index is 0.246. The Bertz CT molecular complexity index is 1010. The molecule has 0 N–H and O–H groups in total. The Morgan fingerprint density at radius 3 is 2.87 bits per heavy atom. The van der Waals surface area contributed by atoms with Gasteiger partial charge in [-0.05, 0) is 59.3 Å². The number of fused-ring (bicyclic) bond motifs is 1. The number of halogens is 1. The van der Waals surface area contributed by atoms with E-state index < -0.39 is 0 Å². The van der Waals surface area contributed by atoms with Gasteiger partial charge in [-0.1, -0.05) is 35.5 Å². The highest BCUT2D eigenvalue weighted by Gasteiger charge is 2.11. The number of hydrogen-bond donors (Lipinski definition) is 0. The maximum absolute atomic E-state index is 12.5. The van der Waals surface area contributed by atoms with Crippen LogP contribution >= 0.6 is 33.9 Å². The van der Waals surface area contributed by atoms with Gasteiger partial charge < -0.3 is 4.57 Å². The van der Waals surface area contributed by atoms with Crippen LogP contribution in [0.25, 0.3) is 10.2 Å². The molecule has 0 aliphatic rings. The van der Waals surface area contributed by atoms with E-state index in [2.05, 4.69) is 39.6 Å². The highest BCUT2D eigenvalue weighted by molar-refractivity contribution is 14.1. The Morgan fingerprint density at radius 2 is 2.13 bits per heavy atom. The molecule has 1 heterocycles. The molecule has 0 aliphatic carbocycles. The topological polar surface area (TPSA) is 34.4 Å². The number of benzene rings is 2. The van der Waals surface area contributed by atoms with Crippen LogP contribution in [0.3, 0.4) is 0 Å². The molecule has 1 aromatic heterocycles. The molecule has 3 aromatic rings. The molecule has 114 valence electrons. The summed E-state index contributed by atoms with van der Waals surface area (Å²) in [5.74, 6) is 2.39. The summed E-state index contributed by atoms with van der Waals surface area (Å²) >= 11 is 3.63. The first-order valence-corrected chi connectivity index (χ1v) is 8.86. The first kappa shape index (κ1) is 16.0. The predicted octanol–water partition coefficient (Wildman–Crippen LogP) is 3.99. The molecular formula is C18H13IN2OS. The Hall–Kier alpha value is -1.91. The van der Waals surface area contributed by atoms with Gasteiger partial charge in [0.15, 0.2) is 4.80 Å². The molecule has 0 radical (unpaired) electrons. The van der Waals surface area contributed by atoms with Crippen molar-refractivity contribution < 1.29 is 4.79 Å². The Kier molecular flexibility index (Phi) is 4.64. The fraction of sp³-hybridized carbons (Fsp3) is 0.111. The number of thiazole rings is 1. The van der Waals surface area contributed by atoms with Crippen molar-refractivity contribution in [3.8, 4) is 12.3 Å². The second-order valence-electron chi connectivity index (χ2n) is 5.04. The van der Waals surface area contributed by atoms with E-state index in [-0.39, 0.29) is 5.91 Å². The number of aromatic nitrogens is 1. The predicted molar refractivity (Wildman–Crippen MR) is 102 cm³/mol. The molecule has 0 bridgehead atoms. The third-order valence-corrected chi connectivity index (χ3v) is 5.37. The molecule has 3 nitrogen and oxygen atoms in total. The van der Waals surface area contributed by atoms with Crippen molar-refractivity contribution in [2.24, 2.45) is 4.99 Å². The lowest BCUT2D eigenvalue weighted by atomic mass is 10.2. The van der Waals surface area contributed by atoms with Crippen molar-refractivity contribution >= 4 is 50.1 Å². The van der Waals surface area contributed by atoms with Crippen LogP contribution < -0.4 is 4.80 Å².